The van der Waals surface area contributed by atoms with Crippen LogP contribution >= 0.6 is 23.2 Å². The fourth-order valence-electron chi connectivity index (χ4n) is 3.86. The molecule has 3 aromatic carbocycles. The number of rotatable bonds is 8. The second-order valence-corrected chi connectivity index (χ2v) is 9.14. The molecule has 1 aliphatic rings. The molecule has 4 rings (SSSR count). The summed E-state index contributed by atoms with van der Waals surface area (Å²) in [6.45, 7) is -0.142. The lowest BCUT2D eigenvalue weighted by molar-refractivity contribution is -0.398. The molecule has 7 nitrogen and oxygen atoms in total. The fraction of sp³-hybridized carbons (Fsp3) is 0.231. The summed E-state index contributed by atoms with van der Waals surface area (Å²) >= 11 is 12.1. The van der Waals surface area contributed by atoms with Crippen LogP contribution in [0.3, 0.4) is 0 Å². The average molecular weight is 570 g/mol. The number of hydrogen-bond donors (Lipinski definition) is 1. The fourth-order valence-corrected chi connectivity index (χ4v) is 4.19. The van der Waals surface area contributed by atoms with Gasteiger partial charge in [0, 0.05) is 22.2 Å². The Hall–Kier alpha value is -3.47. The Labute approximate surface area is 225 Å². The summed E-state index contributed by atoms with van der Waals surface area (Å²) < 4.78 is 50.3. The van der Waals surface area contributed by atoms with E-state index in [1.807, 2.05) is 0 Å². The zero-order chi connectivity index (χ0) is 27.4. The maximum Gasteiger partial charge on any atom is 0.544 e. The third-order valence-corrected chi connectivity index (χ3v) is 6.24. The van der Waals surface area contributed by atoms with Gasteiger partial charge in [0.25, 0.3) is 5.91 Å². The third-order valence-electron chi connectivity index (χ3n) is 5.69. The normalized spacial score (nSPS) is 14.8. The van der Waals surface area contributed by atoms with E-state index >= 15 is 0 Å². The number of aliphatic carboxylic acids is 1. The van der Waals surface area contributed by atoms with Crippen LogP contribution < -0.4 is 9.47 Å². The first-order valence-corrected chi connectivity index (χ1v) is 12.0. The summed E-state index contributed by atoms with van der Waals surface area (Å²) in [6.07, 6.45) is -4.66. The molecule has 12 heteroatoms. The lowest BCUT2D eigenvalue weighted by Crippen LogP contribution is -2.38. The number of ether oxygens (including phenoxy) is 2. The molecule has 0 fully saturated rings. The highest BCUT2D eigenvalue weighted by Gasteiger charge is 2.36. The van der Waals surface area contributed by atoms with Gasteiger partial charge in [-0.15, -0.1) is 13.2 Å². The molecular weight excluding hydrogens is 550 g/mol. The number of nitrogens with zero attached hydrogens (tertiary/aromatic N) is 1. The minimum atomic E-state index is -5.07. The van der Waals surface area contributed by atoms with Crippen LogP contribution in [0, 0.1) is 0 Å². The Kier molecular flexibility index (Phi) is 8.35. The van der Waals surface area contributed by atoms with Gasteiger partial charge in [-0.25, -0.2) is 5.06 Å². The van der Waals surface area contributed by atoms with Crippen LogP contribution in [-0.4, -0.2) is 41.6 Å². The van der Waals surface area contributed by atoms with Crippen molar-refractivity contribution in [3.8, 4) is 17.2 Å². The van der Waals surface area contributed by atoms with Crippen molar-refractivity contribution in [2.45, 2.75) is 25.1 Å². The lowest BCUT2D eigenvalue weighted by Gasteiger charge is -2.24. The number of carboxylic acids is 1. The molecule has 38 heavy (non-hydrogen) atoms. The molecule has 0 spiro atoms. The predicted octanol–water partition coefficient (Wildman–Crippen LogP) is 6.87. The van der Waals surface area contributed by atoms with E-state index in [-0.39, 0.29) is 46.7 Å². The first-order chi connectivity index (χ1) is 18.0. The first-order valence-electron chi connectivity index (χ1n) is 11.3. The van der Waals surface area contributed by atoms with Crippen LogP contribution in [0.1, 0.15) is 33.8 Å². The van der Waals surface area contributed by atoms with Crippen molar-refractivity contribution >= 4 is 35.1 Å². The second kappa shape index (κ2) is 11.5. The van der Waals surface area contributed by atoms with E-state index in [1.54, 1.807) is 24.3 Å². The number of carbonyl (C=O) groups is 2. The highest BCUT2D eigenvalue weighted by molar-refractivity contribution is 6.32. The number of carboxylic acid groups (broad SMARTS) is 1. The number of amides is 1. The molecular formula is C26H20Cl2F3NO6. The SMILES string of the molecule is O=C(O)C1CCOc2cc(Oc3ccc(C(=O)N(CCc4ccc(Cl)cc4)OC(F)(F)F)cc3)c(Cl)cc21. The van der Waals surface area contributed by atoms with Crippen molar-refractivity contribution in [1.82, 2.24) is 5.06 Å². The van der Waals surface area contributed by atoms with E-state index in [4.69, 9.17) is 32.7 Å². The Balaban J connectivity index is 1.48. The molecule has 3 aromatic rings. The number of hydroxylamine groups is 2. The molecule has 0 radical (unpaired) electrons. The standard InChI is InChI=1S/C26H20Cl2F3NO6/c27-17-5-1-15(2-6-17)9-11-32(38-26(29,30)31)24(33)16-3-7-18(8-4-16)37-23-14-22-20(13-21(23)28)19(25(34)35)10-12-36-22/h1-8,13-14,19H,9-12H2,(H,34,35). The maximum absolute atomic E-state index is 13.0. The van der Waals surface area contributed by atoms with Crippen LogP contribution in [0.5, 0.6) is 17.2 Å². The third kappa shape index (κ3) is 6.89. The lowest BCUT2D eigenvalue weighted by atomic mass is 9.93. The maximum atomic E-state index is 13.0. The van der Waals surface area contributed by atoms with E-state index in [1.165, 1.54) is 36.4 Å². The zero-order valence-corrected chi connectivity index (χ0v) is 21.0. The largest absolute Gasteiger partial charge is 0.544 e. The van der Waals surface area contributed by atoms with Gasteiger partial charge >= 0.3 is 12.3 Å². The van der Waals surface area contributed by atoms with Crippen molar-refractivity contribution in [2.75, 3.05) is 13.2 Å². The van der Waals surface area contributed by atoms with Gasteiger partial charge in [-0.1, -0.05) is 35.3 Å². The summed E-state index contributed by atoms with van der Waals surface area (Å²) in [5, 5.41) is 10.3. The number of alkyl halides is 3. The van der Waals surface area contributed by atoms with Crippen molar-refractivity contribution in [3.63, 3.8) is 0 Å². The summed E-state index contributed by atoms with van der Waals surface area (Å²) in [6, 6.07) is 14.8. The summed E-state index contributed by atoms with van der Waals surface area (Å²) in [7, 11) is 0. The van der Waals surface area contributed by atoms with E-state index in [9.17, 15) is 27.9 Å². The number of halogens is 5. The van der Waals surface area contributed by atoms with E-state index in [2.05, 4.69) is 4.84 Å². The number of benzene rings is 3. The van der Waals surface area contributed by atoms with Gasteiger partial charge in [0.05, 0.1) is 24.1 Å². The highest BCUT2D eigenvalue weighted by Crippen LogP contribution is 2.41. The van der Waals surface area contributed by atoms with Gasteiger partial charge < -0.3 is 14.6 Å². The second-order valence-electron chi connectivity index (χ2n) is 8.30. The molecule has 0 saturated carbocycles. The first kappa shape index (κ1) is 27.6. The van der Waals surface area contributed by atoms with Gasteiger partial charge in [0.2, 0.25) is 0 Å². The molecule has 1 N–H and O–H groups in total. The van der Waals surface area contributed by atoms with E-state index < -0.39 is 24.2 Å². The Morgan fingerprint density at radius 1 is 1.05 bits per heavy atom. The smallest absolute Gasteiger partial charge is 0.493 e. The van der Waals surface area contributed by atoms with Gasteiger partial charge in [-0.05, 0) is 60.9 Å². The highest BCUT2D eigenvalue weighted by atomic mass is 35.5. The van der Waals surface area contributed by atoms with Crippen molar-refractivity contribution in [3.05, 3.63) is 87.4 Å². The molecule has 0 saturated heterocycles. The molecule has 0 aromatic heterocycles. The number of hydrogen-bond acceptors (Lipinski definition) is 5. The summed E-state index contributed by atoms with van der Waals surface area (Å²) in [5.41, 5.74) is 1.04. The topological polar surface area (TPSA) is 85.3 Å². The van der Waals surface area contributed by atoms with Crippen LogP contribution in [0.15, 0.2) is 60.7 Å². The van der Waals surface area contributed by atoms with Crippen LogP contribution in [0.4, 0.5) is 13.2 Å². The van der Waals surface area contributed by atoms with Gasteiger partial charge in [0.15, 0.2) is 0 Å². The monoisotopic (exact) mass is 569 g/mol. The Bertz CT molecular complexity index is 1320. The minimum absolute atomic E-state index is 0.0677. The molecule has 0 bridgehead atoms. The van der Waals surface area contributed by atoms with Crippen molar-refractivity contribution < 1.29 is 42.2 Å². The van der Waals surface area contributed by atoms with Gasteiger partial charge in [-0.2, -0.15) is 4.84 Å². The van der Waals surface area contributed by atoms with Crippen LogP contribution in [0.2, 0.25) is 10.0 Å². The molecule has 1 heterocycles. The molecule has 200 valence electrons. The van der Waals surface area contributed by atoms with Crippen LogP contribution in [0.25, 0.3) is 0 Å². The molecule has 0 aliphatic carbocycles. The van der Waals surface area contributed by atoms with Gasteiger partial charge in [0.1, 0.15) is 17.2 Å². The number of fused-ring (bicyclic) bond motifs is 1. The molecule has 1 atom stereocenters. The van der Waals surface area contributed by atoms with Crippen molar-refractivity contribution in [1.29, 1.82) is 0 Å². The van der Waals surface area contributed by atoms with Crippen LogP contribution in [-0.2, 0) is 16.1 Å². The summed E-state index contributed by atoms with van der Waals surface area (Å²) in [4.78, 5) is 28.3. The molecule has 1 amide bonds. The summed E-state index contributed by atoms with van der Waals surface area (Å²) in [5.74, 6) is -1.99. The number of carbonyl (C=O) groups excluding carboxylic acids is 1. The Morgan fingerprint density at radius 2 is 1.74 bits per heavy atom. The van der Waals surface area contributed by atoms with E-state index in [0.29, 0.717) is 28.3 Å². The average Bonchev–Trinajstić information content (AvgIpc) is 2.87. The van der Waals surface area contributed by atoms with Gasteiger partial charge in [-0.3, -0.25) is 9.59 Å². The predicted molar refractivity (Wildman–Crippen MR) is 132 cm³/mol. The van der Waals surface area contributed by atoms with Crippen molar-refractivity contribution in [2.24, 2.45) is 0 Å². The molecule has 1 unspecified atom stereocenters. The molecule has 1 aliphatic heterocycles. The minimum Gasteiger partial charge on any atom is -0.493 e. The zero-order valence-electron chi connectivity index (χ0n) is 19.5. The Morgan fingerprint density at radius 3 is 2.37 bits per heavy atom. The quantitative estimate of drug-likeness (QED) is 0.298. The van der Waals surface area contributed by atoms with E-state index in [0.717, 1.165) is 0 Å².